The summed E-state index contributed by atoms with van der Waals surface area (Å²) in [6, 6.07) is 14.8. The Kier molecular flexibility index (Phi) is 5.42. The minimum absolute atomic E-state index is 0.0988. The van der Waals surface area contributed by atoms with E-state index in [0.29, 0.717) is 17.9 Å². The van der Waals surface area contributed by atoms with Crippen LogP contribution in [0.15, 0.2) is 48.5 Å². The molecule has 0 radical (unpaired) electrons. The van der Waals surface area contributed by atoms with Gasteiger partial charge in [-0.3, -0.25) is 4.79 Å². The predicted octanol–water partition coefficient (Wildman–Crippen LogP) is 3.20. The van der Waals surface area contributed by atoms with Gasteiger partial charge in [0.15, 0.2) is 0 Å². The zero-order valence-corrected chi connectivity index (χ0v) is 13.1. The molecule has 0 heterocycles. The summed E-state index contributed by atoms with van der Waals surface area (Å²) in [5, 5.41) is 2.92. The van der Waals surface area contributed by atoms with Gasteiger partial charge in [-0.05, 0) is 43.7 Å². The molecule has 0 saturated heterocycles. The van der Waals surface area contributed by atoms with Crippen LogP contribution in [-0.4, -0.2) is 25.7 Å². The van der Waals surface area contributed by atoms with Gasteiger partial charge in [-0.25, -0.2) is 0 Å². The molecule has 4 nitrogen and oxygen atoms in total. The molecule has 1 N–H and O–H groups in total. The maximum Gasteiger partial charge on any atom is 0.251 e. The molecule has 0 aliphatic rings. The van der Waals surface area contributed by atoms with Crippen LogP contribution < -0.4 is 14.8 Å². The van der Waals surface area contributed by atoms with Crippen LogP contribution in [0.1, 0.15) is 22.8 Å². The first kappa shape index (κ1) is 15.9. The van der Waals surface area contributed by atoms with Crippen LogP contribution in [-0.2, 0) is 0 Å². The van der Waals surface area contributed by atoms with E-state index in [1.807, 2.05) is 44.2 Å². The number of hydrogen-bond donors (Lipinski definition) is 1. The molecule has 0 aliphatic heterocycles. The van der Waals surface area contributed by atoms with Gasteiger partial charge in [0, 0.05) is 5.56 Å². The Labute approximate surface area is 131 Å². The predicted molar refractivity (Wildman–Crippen MR) is 86.6 cm³/mol. The lowest BCUT2D eigenvalue weighted by molar-refractivity contribution is 0.0926. The monoisotopic (exact) mass is 299 g/mol. The quantitative estimate of drug-likeness (QED) is 0.891. The molecule has 0 spiro atoms. The number of benzene rings is 2. The molecular formula is C18H21NO3. The smallest absolute Gasteiger partial charge is 0.251 e. The molecule has 4 heteroatoms. The maximum atomic E-state index is 12.2. The Morgan fingerprint density at radius 2 is 1.95 bits per heavy atom. The number of carbonyl (C=O) groups is 1. The van der Waals surface area contributed by atoms with E-state index in [1.165, 1.54) is 0 Å². The number of amides is 1. The van der Waals surface area contributed by atoms with Crippen molar-refractivity contribution in [2.45, 2.75) is 19.9 Å². The molecule has 2 aromatic rings. The largest absolute Gasteiger partial charge is 0.497 e. The summed E-state index contributed by atoms with van der Waals surface area (Å²) in [6.45, 7) is 4.33. The van der Waals surface area contributed by atoms with E-state index in [4.69, 9.17) is 9.47 Å². The topological polar surface area (TPSA) is 47.6 Å². The lowest BCUT2D eigenvalue weighted by Gasteiger charge is -2.16. The third-order valence-electron chi connectivity index (χ3n) is 3.29. The van der Waals surface area contributed by atoms with Crippen molar-refractivity contribution in [2.75, 3.05) is 13.7 Å². The third-order valence-corrected chi connectivity index (χ3v) is 3.29. The van der Waals surface area contributed by atoms with Crippen molar-refractivity contribution in [3.8, 4) is 11.5 Å². The molecule has 0 saturated carbocycles. The van der Waals surface area contributed by atoms with E-state index in [0.717, 1.165) is 11.3 Å². The first-order chi connectivity index (χ1) is 10.6. The zero-order valence-electron chi connectivity index (χ0n) is 13.1. The number of ether oxygens (including phenoxy) is 2. The first-order valence-corrected chi connectivity index (χ1v) is 7.23. The van der Waals surface area contributed by atoms with E-state index in [2.05, 4.69) is 5.32 Å². The van der Waals surface area contributed by atoms with E-state index in [9.17, 15) is 4.79 Å². The van der Waals surface area contributed by atoms with Crippen molar-refractivity contribution >= 4 is 5.91 Å². The lowest BCUT2D eigenvalue weighted by Crippen LogP contribution is -2.36. The fraction of sp³-hybridized carbons (Fsp3) is 0.278. The highest BCUT2D eigenvalue weighted by Crippen LogP contribution is 2.16. The molecule has 0 aromatic heterocycles. The van der Waals surface area contributed by atoms with Gasteiger partial charge in [-0.2, -0.15) is 0 Å². The summed E-state index contributed by atoms with van der Waals surface area (Å²) in [5.41, 5.74) is 1.65. The first-order valence-electron chi connectivity index (χ1n) is 7.23. The second kappa shape index (κ2) is 7.50. The lowest BCUT2D eigenvalue weighted by atomic mass is 10.2. The minimum Gasteiger partial charge on any atom is -0.497 e. The molecule has 22 heavy (non-hydrogen) atoms. The summed E-state index contributed by atoms with van der Waals surface area (Å²) in [6.07, 6.45) is 0. The van der Waals surface area contributed by atoms with Gasteiger partial charge in [0.2, 0.25) is 0 Å². The van der Waals surface area contributed by atoms with Crippen LogP contribution in [0.25, 0.3) is 0 Å². The van der Waals surface area contributed by atoms with Crippen LogP contribution in [0.3, 0.4) is 0 Å². The average molecular weight is 299 g/mol. The van der Waals surface area contributed by atoms with Crippen LogP contribution in [0.2, 0.25) is 0 Å². The Balaban J connectivity index is 1.90. The molecule has 2 rings (SSSR count). The number of rotatable bonds is 6. The fourth-order valence-corrected chi connectivity index (χ4v) is 2.05. The molecule has 0 bridgehead atoms. The Morgan fingerprint density at radius 3 is 2.68 bits per heavy atom. The SMILES string of the molecule is COc1cccc(C(=O)NC(C)COc2ccccc2C)c1. The van der Waals surface area contributed by atoms with E-state index in [1.54, 1.807) is 25.3 Å². The van der Waals surface area contributed by atoms with Crippen LogP contribution in [0, 0.1) is 6.92 Å². The van der Waals surface area contributed by atoms with E-state index in [-0.39, 0.29) is 11.9 Å². The van der Waals surface area contributed by atoms with Crippen LogP contribution in [0.4, 0.5) is 0 Å². The van der Waals surface area contributed by atoms with Crippen LogP contribution in [0.5, 0.6) is 11.5 Å². The molecule has 1 amide bonds. The summed E-state index contributed by atoms with van der Waals surface area (Å²) in [4.78, 5) is 12.2. The molecule has 0 fully saturated rings. The van der Waals surface area contributed by atoms with E-state index < -0.39 is 0 Å². The highest BCUT2D eigenvalue weighted by molar-refractivity contribution is 5.94. The second-order valence-electron chi connectivity index (χ2n) is 5.18. The number of carbonyl (C=O) groups excluding carboxylic acids is 1. The van der Waals surface area contributed by atoms with Gasteiger partial charge >= 0.3 is 0 Å². The number of nitrogens with one attached hydrogen (secondary N) is 1. The molecule has 1 unspecified atom stereocenters. The highest BCUT2D eigenvalue weighted by atomic mass is 16.5. The van der Waals surface area contributed by atoms with Gasteiger partial charge < -0.3 is 14.8 Å². The van der Waals surface area contributed by atoms with Crippen molar-refractivity contribution in [1.82, 2.24) is 5.32 Å². The van der Waals surface area contributed by atoms with Gasteiger partial charge in [0.25, 0.3) is 5.91 Å². The molecule has 2 aromatic carbocycles. The summed E-state index contributed by atoms with van der Waals surface area (Å²) in [7, 11) is 1.58. The third kappa shape index (κ3) is 4.25. The Hall–Kier alpha value is -2.49. The number of para-hydroxylation sites is 1. The van der Waals surface area contributed by atoms with Crippen molar-refractivity contribution < 1.29 is 14.3 Å². The average Bonchev–Trinajstić information content (AvgIpc) is 2.54. The van der Waals surface area contributed by atoms with E-state index >= 15 is 0 Å². The van der Waals surface area contributed by atoms with Crippen molar-refractivity contribution in [3.05, 3.63) is 59.7 Å². The molecule has 116 valence electrons. The minimum atomic E-state index is -0.139. The van der Waals surface area contributed by atoms with Crippen molar-refractivity contribution in [2.24, 2.45) is 0 Å². The molecular weight excluding hydrogens is 278 g/mol. The second-order valence-corrected chi connectivity index (χ2v) is 5.18. The van der Waals surface area contributed by atoms with Crippen molar-refractivity contribution in [1.29, 1.82) is 0 Å². The summed E-state index contributed by atoms with van der Waals surface area (Å²) >= 11 is 0. The summed E-state index contributed by atoms with van der Waals surface area (Å²) < 4.78 is 10.9. The van der Waals surface area contributed by atoms with Gasteiger partial charge in [0.05, 0.1) is 13.2 Å². The fourth-order valence-electron chi connectivity index (χ4n) is 2.05. The normalized spacial score (nSPS) is 11.6. The number of hydrogen-bond acceptors (Lipinski definition) is 3. The standard InChI is InChI=1S/C18H21NO3/c1-13-7-4-5-10-17(13)22-12-14(2)19-18(20)15-8-6-9-16(11-15)21-3/h4-11,14H,12H2,1-3H3,(H,19,20). The summed E-state index contributed by atoms with van der Waals surface area (Å²) in [5.74, 6) is 1.36. The maximum absolute atomic E-state index is 12.2. The van der Waals surface area contributed by atoms with Crippen molar-refractivity contribution in [3.63, 3.8) is 0 Å². The number of aryl methyl sites for hydroxylation is 1. The van der Waals surface area contributed by atoms with Gasteiger partial charge in [-0.1, -0.05) is 24.3 Å². The Morgan fingerprint density at radius 1 is 1.18 bits per heavy atom. The van der Waals surface area contributed by atoms with Crippen LogP contribution >= 0.6 is 0 Å². The molecule has 1 atom stereocenters. The van der Waals surface area contributed by atoms with Gasteiger partial charge in [0.1, 0.15) is 18.1 Å². The zero-order chi connectivity index (χ0) is 15.9. The molecule has 0 aliphatic carbocycles. The van der Waals surface area contributed by atoms with Gasteiger partial charge in [-0.15, -0.1) is 0 Å². The highest BCUT2D eigenvalue weighted by Gasteiger charge is 2.11. The number of methoxy groups -OCH3 is 1. The Bertz CT molecular complexity index is 640.